The van der Waals surface area contributed by atoms with Crippen LogP contribution in [0.2, 0.25) is 0 Å². The molecule has 0 bridgehead atoms. The molecule has 0 saturated carbocycles. The predicted molar refractivity (Wildman–Crippen MR) is 80.7 cm³/mol. The van der Waals surface area contributed by atoms with E-state index in [0.29, 0.717) is 25.3 Å². The van der Waals surface area contributed by atoms with Crippen molar-refractivity contribution in [1.82, 2.24) is 4.90 Å². The molecule has 1 unspecified atom stereocenters. The summed E-state index contributed by atoms with van der Waals surface area (Å²) in [5, 5.41) is 0. The number of rotatable bonds is 5. The van der Waals surface area contributed by atoms with E-state index in [-0.39, 0.29) is 23.5 Å². The first kappa shape index (κ1) is 17.2. The van der Waals surface area contributed by atoms with E-state index in [1.54, 1.807) is 17.0 Å². The van der Waals surface area contributed by atoms with E-state index in [2.05, 4.69) is 4.74 Å². The minimum Gasteiger partial charge on any atom is -0.493 e. The molecule has 0 aliphatic carbocycles. The fraction of sp³-hybridized carbons (Fsp3) is 0.438. The first-order valence-corrected chi connectivity index (χ1v) is 7.21. The summed E-state index contributed by atoms with van der Waals surface area (Å²) in [6, 6.07) is 4.49. The molecule has 1 amide bonds. The van der Waals surface area contributed by atoms with Crippen molar-refractivity contribution in [1.29, 1.82) is 0 Å². The third kappa shape index (κ3) is 4.92. The van der Waals surface area contributed by atoms with Gasteiger partial charge < -0.3 is 19.1 Å². The number of morpholine rings is 1. The van der Waals surface area contributed by atoms with Crippen LogP contribution in [0.4, 0.5) is 8.78 Å². The summed E-state index contributed by atoms with van der Waals surface area (Å²) >= 11 is 0. The zero-order chi connectivity index (χ0) is 16.8. The number of amides is 1. The lowest BCUT2D eigenvalue weighted by Gasteiger charge is -2.30. The van der Waals surface area contributed by atoms with Gasteiger partial charge in [0, 0.05) is 19.2 Å². The molecule has 1 atom stereocenters. The zero-order valence-electron chi connectivity index (χ0n) is 13.0. The molecule has 1 aromatic rings. The van der Waals surface area contributed by atoms with Crippen LogP contribution in [0.5, 0.6) is 11.5 Å². The van der Waals surface area contributed by atoms with Gasteiger partial charge in [0.15, 0.2) is 11.5 Å². The van der Waals surface area contributed by atoms with Crippen LogP contribution in [0.25, 0.3) is 6.08 Å². The topological polar surface area (TPSA) is 48.0 Å². The highest BCUT2D eigenvalue weighted by atomic mass is 19.3. The highest BCUT2D eigenvalue weighted by molar-refractivity contribution is 5.92. The lowest BCUT2D eigenvalue weighted by atomic mass is 10.2. The van der Waals surface area contributed by atoms with Crippen molar-refractivity contribution in [2.75, 3.05) is 26.8 Å². The van der Waals surface area contributed by atoms with Crippen LogP contribution in [0.15, 0.2) is 24.3 Å². The molecule has 0 aromatic heterocycles. The Morgan fingerprint density at radius 1 is 1.43 bits per heavy atom. The SMILES string of the molecule is COc1cc(/C=C/C(=O)N2CCOC(C)C2)ccc1OC(F)F. The quantitative estimate of drug-likeness (QED) is 0.780. The van der Waals surface area contributed by atoms with Crippen molar-refractivity contribution >= 4 is 12.0 Å². The molecule has 5 nitrogen and oxygen atoms in total. The zero-order valence-corrected chi connectivity index (χ0v) is 13.0. The molecule has 1 aliphatic heterocycles. The molecule has 1 aromatic carbocycles. The van der Waals surface area contributed by atoms with Gasteiger partial charge in [-0.1, -0.05) is 6.07 Å². The smallest absolute Gasteiger partial charge is 0.387 e. The number of halogens is 2. The van der Waals surface area contributed by atoms with Crippen LogP contribution in [0, 0.1) is 0 Å². The van der Waals surface area contributed by atoms with Gasteiger partial charge in [-0.05, 0) is 30.7 Å². The number of carbonyl (C=O) groups is 1. The molecule has 2 rings (SSSR count). The second-order valence-electron chi connectivity index (χ2n) is 5.09. The van der Waals surface area contributed by atoms with Crippen LogP contribution in [0.1, 0.15) is 12.5 Å². The van der Waals surface area contributed by atoms with Crippen LogP contribution in [-0.4, -0.2) is 50.3 Å². The van der Waals surface area contributed by atoms with E-state index in [9.17, 15) is 13.6 Å². The highest BCUT2D eigenvalue weighted by Crippen LogP contribution is 2.29. The number of ether oxygens (including phenoxy) is 3. The lowest BCUT2D eigenvalue weighted by molar-refractivity contribution is -0.132. The van der Waals surface area contributed by atoms with E-state index < -0.39 is 6.61 Å². The fourth-order valence-electron chi connectivity index (χ4n) is 2.27. The van der Waals surface area contributed by atoms with Gasteiger partial charge in [0.05, 0.1) is 19.8 Å². The molecular weight excluding hydrogens is 308 g/mol. The molecule has 0 radical (unpaired) electrons. The average molecular weight is 327 g/mol. The second kappa shape index (κ2) is 7.92. The maximum atomic E-state index is 12.3. The summed E-state index contributed by atoms with van der Waals surface area (Å²) in [5.74, 6) is 0.0138. The second-order valence-corrected chi connectivity index (χ2v) is 5.09. The van der Waals surface area contributed by atoms with E-state index in [4.69, 9.17) is 9.47 Å². The Balaban J connectivity index is 2.05. The van der Waals surface area contributed by atoms with Gasteiger partial charge in [0.25, 0.3) is 0 Å². The third-order valence-corrected chi connectivity index (χ3v) is 3.37. The Morgan fingerprint density at radius 3 is 2.87 bits per heavy atom. The monoisotopic (exact) mass is 327 g/mol. The molecule has 23 heavy (non-hydrogen) atoms. The Labute approximate surface area is 133 Å². The number of methoxy groups -OCH3 is 1. The number of carbonyl (C=O) groups excluding carboxylic acids is 1. The summed E-state index contributed by atoms with van der Waals surface area (Å²) in [6.45, 7) is 0.616. The van der Waals surface area contributed by atoms with Gasteiger partial charge in [0.2, 0.25) is 5.91 Å². The van der Waals surface area contributed by atoms with E-state index >= 15 is 0 Å². The maximum Gasteiger partial charge on any atom is 0.387 e. The number of nitrogens with zero attached hydrogens (tertiary/aromatic N) is 1. The Morgan fingerprint density at radius 2 is 2.22 bits per heavy atom. The molecule has 7 heteroatoms. The first-order valence-electron chi connectivity index (χ1n) is 7.21. The third-order valence-electron chi connectivity index (χ3n) is 3.37. The minimum atomic E-state index is -2.92. The molecule has 126 valence electrons. The fourth-order valence-corrected chi connectivity index (χ4v) is 2.27. The van der Waals surface area contributed by atoms with Gasteiger partial charge in [0.1, 0.15) is 0 Å². The van der Waals surface area contributed by atoms with Crippen molar-refractivity contribution in [2.24, 2.45) is 0 Å². The molecule has 1 heterocycles. The number of hydrogen-bond acceptors (Lipinski definition) is 4. The van der Waals surface area contributed by atoms with E-state index in [1.807, 2.05) is 6.92 Å². The molecule has 1 aliphatic rings. The molecule has 1 saturated heterocycles. The summed E-state index contributed by atoms with van der Waals surface area (Å²) in [7, 11) is 1.36. The summed E-state index contributed by atoms with van der Waals surface area (Å²) in [5.41, 5.74) is 0.651. The molecular formula is C16H19F2NO4. The number of hydrogen-bond donors (Lipinski definition) is 0. The standard InChI is InChI=1S/C16H19F2NO4/c1-11-10-19(7-8-22-11)15(20)6-4-12-3-5-13(23-16(17)18)14(9-12)21-2/h3-6,9,11,16H,7-8,10H2,1-2H3/b6-4+. The number of benzene rings is 1. The van der Waals surface area contributed by atoms with Crippen molar-refractivity contribution < 1.29 is 27.8 Å². The van der Waals surface area contributed by atoms with Gasteiger partial charge in [-0.3, -0.25) is 4.79 Å². The van der Waals surface area contributed by atoms with Gasteiger partial charge >= 0.3 is 6.61 Å². The summed E-state index contributed by atoms with van der Waals surface area (Å²) in [6.07, 6.45) is 3.07. The summed E-state index contributed by atoms with van der Waals surface area (Å²) < 4.78 is 39.3. The van der Waals surface area contributed by atoms with Gasteiger partial charge in [-0.2, -0.15) is 8.78 Å². The van der Waals surface area contributed by atoms with Gasteiger partial charge in [-0.25, -0.2) is 0 Å². The Bertz CT molecular complexity index is 577. The van der Waals surface area contributed by atoms with Crippen molar-refractivity contribution in [3.8, 4) is 11.5 Å². The number of alkyl halides is 2. The minimum absolute atomic E-state index is 0.0203. The normalized spacial score (nSPS) is 18.5. The van der Waals surface area contributed by atoms with Crippen molar-refractivity contribution in [3.05, 3.63) is 29.8 Å². The predicted octanol–water partition coefficient (Wildman–Crippen LogP) is 2.56. The van der Waals surface area contributed by atoms with Crippen LogP contribution in [0.3, 0.4) is 0 Å². The van der Waals surface area contributed by atoms with Crippen molar-refractivity contribution in [2.45, 2.75) is 19.6 Å². The Kier molecular flexibility index (Phi) is 5.92. The highest BCUT2D eigenvalue weighted by Gasteiger charge is 2.19. The van der Waals surface area contributed by atoms with E-state index in [0.717, 1.165) is 0 Å². The van der Waals surface area contributed by atoms with Crippen LogP contribution < -0.4 is 9.47 Å². The van der Waals surface area contributed by atoms with Crippen molar-refractivity contribution in [3.63, 3.8) is 0 Å². The molecule has 1 fully saturated rings. The van der Waals surface area contributed by atoms with Crippen LogP contribution >= 0.6 is 0 Å². The van der Waals surface area contributed by atoms with E-state index in [1.165, 1.54) is 25.3 Å². The Hall–Kier alpha value is -2.15. The largest absolute Gasteiger partial charge is 0.493 e. The van der Waals surface area contributed by atoms with Crippen LogP contribution in [-0.2, 0) is 9.53 Å². The molecule has 0 spiro atoms. The summed E-state index contributed by atoms with van der Waals surface area (Å²) in [4.78, 5) is 13.8. The average Bonchev–Trinajstić information content (AvgIpc) is 2.53. The van der Waals surface area contributed by atoms with Gasteiger partial charge in [-0.15, -0.1) is 0 Å². The first-order chi connectivity index (χ1) is 11.0. The lowest BCUT2D eigenvalue weighted by Crippen LogP contribution is -2.43. The maximum absolute atomic E-state index is 12.3. The molecule has 0 N–H and O–H groups in total.